The monoisotopic (exact) mass is 744 g/mol. The molecule has 4 atom stereocenters. The number of nitrogens with zero attached hydrogens (tertiary/aromatic N) is 3. The van der Waals surface area contributed by atoms with Crippen molar-refractivity contribution in [3.63, 3.8) is 0 Å². The average Bonchev–Trinajstić information content (AvgIpc) is 3.47. The third-order valence-electron chi connectivity index (χ3n) is 7.91. The second-order valence-corrected chi connectivity index (χ2v) is 11.1. The average molecular weight is 745 g/mol. The maximum absolute atomic E-state index is 13.8. The van der Waals surface area contributed by atoms with Gasteiger partial charge in [0.25, 0.3) is 6.47 Å². The number of carbonyl (C=O) groups excluding carboxylic acids is 1. The summed E-state index contributed by atoms with van der Waals surface area (Å²) in [5.74, 6) is -2.39. The van der Waals surface area contributed by atoms with Crippen molar-refractivity contribution >= 4 is 24.2 Å². The van der Waals surface area contributed by atoms with Crippen LogP contribution >= 0.6 is 0 Å². The van der Waals surface area contributed by atoms with Crippen LogP contribution < -0.4 is 10.2 Å². The standard InChI is InChI=1S/C25H37F3N4O4.C2HF3O2.CHF3.CH2O2/c1-3-35-17-24(7-4-19(15-24)30-20-6-13-36-16-21(20)34-2)23(33)32-11-9-31(10-12-32)22-14-18(5-8-29-22)25(26,27)28;3-2(4,5)1(6)7;2-1(3)4;2-1-3/h5,8,14,19-21,30H,3-4,6-7,9-13,15-17H2,1-2H3;(H,6,7);1H;1H,(H,2,3)/t19-,20?,21?,24+;;;/m1.../s1. The van der Waals surface area contributed by atoms with Crippen molar-refractivity contribution in [2.75, 3.05) is 64.6 Å². The topological polar surface area (TPSA) is 151 Å². The van der Waals surface area contributed by atoms with Crippen LogP contribution in [0.25, 0.3) is 0 Å². The molecule has 1 aliphatic carbocycles. The SMILES string of the molecule is CCOC[C@]1(C(=O)N2CCN(c3cc(C(F)(F)F)ccn3)CC2)CC[C@@H](NC2CCOCC2OC)C1.FC(F)F.O=C(O)C(F)(F)F.O=CO. The lowest BCUT2D eigenvalue weighted by Gasteiger charge is -2.40. The molecular formula is C29H41F9N4O8. The number of anilines is 1. The van der Waals surface area contributed by atoms with Gasteiger partial charge in [0.05, 0.1) is 30.3 Å². The van der Waals surface area contributed by atoms with Crippen molar-refractivity contribution in [2.45, 2.75) is 69.8 Å². The molecule has 1 saturated carbocycles. The number of pyridine rings is 1. The van der Waals surface area contributed by atoms with Crippen LogP contribution in [-0.2, 0) is 34.8 Å². The Morgan fingerprint density at radius 2 is 1.72 bits per heavy atom. The van der Waals surface area contributed by atoms with Crippen LogP contribution in [-0.4, -0.2) is 129 Å². The fourth-order valence-corrected chi connectivity index (χ4v) is 5.63. The van der Waals surface area contributed by atoms with E-state index in [4.69, 9.17) is 34.0 Å². The smallest absolute Gasteiger partial charge is 0.483 e. The first-order chi connectivity index (χ1) is 23.3. The van der Waals surface area contributed by atoms with Crippen LogP contribution in [0.2, 0.25) is 0 Å². The largest absolute Gasteiger partial charge is 0.490 e. The maximum atomic E-state index is 13.8. The molecular weight excluding hydrogens is 703 g/mol. The zero-order valence-electron chi connectivity index (χ0n) is 27.2. The second kappa shape index (κ2) is 21.1. The van der Waals surface area contributed by atoms with Crippen molar-refractivity contribution in [2.24, 2.45) is 5.41 Å². The zero-order valence-corrected chi connectivity index (χ0v) is 27.2. The maximum Gasteiger partial charge on any atom is 0.490 e. The van der Waals surface area contributed by atoms with E-state index in [0.29, 0.717) is 59.0 Å². The van der Waals surface area contributed by atoms with Gasteiger partial charge < -0.3 is 39.5 Å². The van der Waals surface area contributed by atoms with Crippen LogP contribution in [0, 0.1) is 5.41 Å². The molecule has 2 aliphatic heterocycles. The van der Waals surface area contributed by atoms with E-state index in [9.17, 15) is 44.3 Å². The molecule has 1 aromatic heterocycles. The molecule has 3 heterocycles. The summed E-state index contributed by atoms with van der Waals surface area (Å²) in [5.41, 5.74) is -1.32. The molecule has 4 rings (SSSR count). The molecule has 0 bridgehead atoms. The molecule has 0 aromatic carbocycles. The highest BCUT2D eigenvalue weighted by Gasteiger charge is 2.48. The van der Waals surface area contributed by atoms with Crippen LogP contribution in [0.4, 0.5) is 45.3 Å². The summed E-state index contributed by atoms with van der Waals surface area (Å²) in [6.45, 7) is 1.92. The Morgan fingerprint density at radius 3 is 2.22 bits per heavy atom. The number of nitrogens with one attached hydrogen (secondary N) is 1. The third kappa shape index (κ3) is 14.8. The van der Waals surface area contributed by atoms with Gasteiger partial charge in [-0.2, -0.15) is 39.5 Å². The summed E-state index contributed by atoms with van der Waals surface area (Å²) in [6, 6.07) is 2.42. The molecule has 1 amide bonds. The fourth-order valence-electron chi connectivity index (χ4n) is 5.63. The van der Waals surface area contributed by atoms with Gasteiger partial charge in [-0.1, -0.05) is 0 Å². The van der Waals surface area contributed by atoms with E-state index in [2.05, 4.69) is 10.3 Å². The quantitative estimate of drug-likeness (QED) is 0.259. The predicted octanol–water partition coefficient (Wildman–Crippen LogP) is 4.23. The summed E-state index contributed by atoms with van der Waals surface area (Å²) < 4.78 is 117. The molecule has 3 fully saturated rings. The highest BCUT2D eigenvalue weighted by molar-refractivity contribution is 5.83. The zero-order chi connectivity index (χ0) is 38.1. The number of aliphatic carboxylic acids is 1. The van der Waals surface area contributed by atoms with Gasteiger partial charge in [0.2, 0.25) is 5.91 Å². The molecule has 12 nitrogen and oxygen atoms in total. The van der Waals surface area contributed by atoms with Gasteiger partial charge >= 0.3 is 25.0 Å². The van der Waals surface area contributed by atoms with E-state index in [1.807, 2.05) is 16.7 Å². The lowest BCUT2D eigenvalue weighted by Crippen LogP contribution is -2.55. The number of hydrogen-bond donors (Lipinski definition) is 3. The minimum atomic E-state index is -5.08. The molecule has 3 aliphatic rings. The summed E-state index contributed by atoms with van der Waals surface area (Å²) in [5, 5.41) is 17.7. The first-order valence-corrected chi connectivity index (χ1v) is 15.2. The summed E-state index contributed by atoms with van der Waals surface area (Å²) in [6.07, 6.45) is -5.15. The van der Waals surface area contributed by atoms with Gasteiger partial charge in [0.1, 0.15) is 5.82 Å². The number of hydrogen-bond acceptors (Lipinski definition) is 9. The third-order valence-corrected chi connectivity index (χ3v) is 7.91. The molecule has 50 heavy (non-hydrogen) atoms. The van der Waals surface area contributed by atoms with E-state index in [0.717, 1.165) is 31.4 Å². The number of aromatic nitrogens is 1. The van der Waals surface area contributed by atoms with Gasteiger partial charge in [0.15, 0.2) is 0 Å². The minimum Gasteiger partial charge on any atom is -0.483 e. The molecule has 21 heteroatoms. The van der Waals surface area contributed by atoms with E-state index in [1.165, 1.54) is 6.20 Å². The van der Waals surface area contributed by atoms with Gasteiger partial charge in [-0.15, -0.1) is 0 Å². The molecule has 0 radical (unpaired) electrons. The molecule has 1 aromatic rings. The molecule has 2 unspecified atom stereocenters. The van der Waals surface area contributed by atoms with Crippen molar-refractivity contribution in [3.05, 3.63) is 23.9 Å². The van der Waals surface area contributed by atoms with Crippen LogP contribution in [0.3, 0.4) is 0 Å². The number of ether oxygens (including phenoxy) is 3. The van der Waals surface area contributed by atoms with Crippen molar-refractivity contribution in [1.29, 1.82) is 0 Å². The van der Waals surface area contributed by atoms with Gasteiger partial charge in [-0.3, -0.25) is 9.59 Å². The number of amides is 1. The highest BCUT2D eigenvalue weighted by atomic mass is 19.4. The second-order valence-electron chi connectivity index (χ2n) is 11.1. The first-order valence-electron chi connectivity index (χ1n) is 15.2. The number of carbonyl (C=O) groups is 3. The Bertz CT molecular complexity index is 1170. The van der Waals surface area contributed by atoms with Crippen molar-refractivity contribution in [1.82, 2.24) is 15.2 Å². The number of piperazine rings is 1. The van der Waals surface area contributed by atoms with E-state index in [1.54, 1.807) is 7.11 Å². The van der Waals surface area contributed by atoms with Crippen molar-refractivity contribution in [3.8, 4) is 0 Å². The number of alkyl halides is 9. The van der Waals surface area contributed by atoms with Crippen LogP contribution in [0.5, 0.6) is 0 Å². The van der Waals surface area contributed by atoms with E-state index in [-0.39, 0.29) is 36.4 Å². The highest BCUT2D eigenvalue weighted by Crippen LogP contribution is 2.41. The molecule has 3 N–H and O–H groups in total. The summed E-state index contributed by atoms with van der Waals surface area (Å²) in [4.78, 5) is 38.8. The number of carboxylic acids is 1. The summed E-state index contributed by atoms with van der Waals surface area (Å²) in [7, 11) is 1.69. The Hall–Kier alpha value is -3.43. The minimum absolute atomic E-state index is 0.00567. The Labute approximate surface area is 281 Å². The number of methoxy groups -OCH3 is 1. The lowest BCUT2D eigenvalue weighted by atomic mass is 9.84. The summed E-state index contributed by atoms with van der Waals surface area (Å²) >= 11 is 0. The Morgan fingerprint density at radius 1 is 1.14 bits per heavy atom. The van der Waals surface area contributed by atoms with Crippen LogP contribution in [0.1, 0.15) is 38.2 Å². The number of halogens is 9. The van der Waals surface area contributed by atoms with Gasteiger partial charge in [-0.05, 0) is 44.7 Å². The number of rotatable bonds is 8. The lowest BCUT2D eigenvalue weighted by molar-refractivity contribution is -0.192. The van der Waals surface area contributed by atoms with Crippen LogP contribution in [0.15, 0.2) is 18.3 Å². The van der Waals surface area contributed by atoms with E-state index < -0.39 is 36.0 Å². The molecule has 288 valence electrons. The molecule has 0 spiro atoms. The Balaban J connectivity index is 0.000000758. The number of carboxylic acid groups (broad SMARTS) is 2. The normalized spacial score (nSPS) is 23.8. The fraction of sp³-hybridized carbons (Fsp3) is 0.724. The predicted molar refractivity (Wildman–Crippen MR) is 157 cm³/mol. The van der Waals surface area contributed by atoms with Gasteiger partial charge in [0, 0.05) is 64.8 Å². The van der Waals surface area contributed by atoms with Gasteiger partial charge in [-0.25, -0.2) is 9.78 Å². The van der Waals surface area contributed by atoms with E-state index >= 15 is 0 Å². The van der Waals surface area contributed by atoms with Crippen molar-refractivity contribution < 1.29 is 78.3 Å². The first kappa shape index (κ1) is 44.6. The Kier molecular flexibility index (Phi) is 18.8. The molecule has 2 saturated heterocycles.